The van der Waals surface area contributed by atoms with E-state index >= 15 is 0 Å². The van der Waals surface area contributed by atoms with Crippen molar-refractivity contribution >= 4 is 12.2 Å². The van der Waals surface area contributed by atoms with Crippen molar-refractivity contribution in [2.75, 3.05) is 19.8 Å². The Morgan fingerprint density at radius 3 is 2.15 bits per heavy atom. The Balaban J connectivity index is 1.48. The molecule has 0 radical (unpaired) electrons. The van der Waals surface area contributed by atoms with Crippen LogP contribution in [0.25, 0.3) is 12.2 Å². The van der Waals surface area contributed by atoms with Gasteiger partial charge >= 0.3 is 5.97 Å². The van der Waals surface area contributed by atoms with Crippen LogP contribution in [0.5, 0.6) is 5.75 Å². The van der Waals surface area contributed by atoms with Gasteiger partial charge in [0, 0.05) is 22.6 Å². The van der Waals surface area contributed by atoms with Crippen molar-refractivity contribution in [2.24, 2.45) is 5.41 Å². The van der Waals surface area contributed by atoms with Crippen LogP contribution in [0.3, 0.4) is 0 Å². The highest BCUT2D eigenvalue weighted by molar-refractivity contribution is 5.70. The maximum absolute atomic E-state index is 14.8. The highest BCUT2D eigenvalue weighted by Crippen LogP contribution is 2.46. The first-order valence-electron chi connectivity index (χ1n) is 10.8. The normalized spacial score (nSPS) is 24.6. The van der Waals surface area contributed by atoms with Crippen molar-refractivity contribution in [3.05, 3.63) is 76.8 Å². The molecule has 0 aromatic heterocycles. The summed E-state index contributed by atoms with van der Waals surface area (Å²) in [5, 5.41) is 0. The molecule has 3 aliphatic heterocycles. The van der Waals surface area contributed by atoms with Crippen LogP contribution in [0.4, 0.5) is 22.0 Å². The van der Waals surface area contributed by atoms with E-state index in [1.165, 1.54) is 24.3 Å². The Kier molecular flexibility index (Phi) is 7.06. The summed E-state index contributed by atoms with van der Waals surface area (Å²) >= 11 is 0. The van der Waals surface area contributed by atoms with Crippen LogP contribution >= 0.6 is 0 Å². The molecule has 0 atom stereocenters. The second-order valence-electron chi connectivity index (χ2n) is 8.34. The zero-order valence-electron chi connectivity index (χ0n) is 18.3. The lowest BCUT2D eigenvalue weighted by atomic mass is 9.83. The zero-order chi connectivity index (χ0) is 24.3. The van der Waals surface area contributed by atoms with E-state index in [-0.39, 0.29) is 16.5 Å². The number of hydrogen-bond donors (Lipinski definition) is 0. The lowest BCUT2D eigenvalue weighted by Crippen LogP contribution is -2.58. The topological polar surface area (TPSA) is 36.9 Å². The quantitative estimate of drug-likeness (QED) is 0.248. The van der Waals surface area contributed by atoms with E-state index < -0.39 is 35.6 Å². The van der Waals surface area contributed by atoms with Crippen molar-refractivity contribution in [1.82, 2.24) is 0 Å². The van der Waals surface area contributed by atoms with E-state index in [9.17, 15) is 22.0 Å². The van der Waals surface area contributed by atoms with Gasteiger partial charge in [-0.1, -0.05) is 37.6 Å². The van der Waals surface area contributed by atoms with Crippen LogP contribution in [-0.2, 0) is 20.2 Å². The molecule has 3 fully saturated rings. The number of rotatable bonds is 8. The molecule has 182 valence electrons. The molecule has 3 aliphatic rings. The molecule has 2 aromatic rings. The fourth-order valence-corrected chi connectivity index (χ4v) is 3.98. The highest BCUT2D eigenvalue weighted by atomic mass is 19.3. The molecular weight excluding hydrogens is 459 g/mol. The van der Waals surface area contributed by atoms with Crippen molar-refractivity contribution in [1.29, 1.82) is 0 Å². The minimum atomic E-state index is -2.82. The molecule has 4 nitrogen and oxygen atoms in total. The highest BCUT2D eigenvalue weighted by Gasteiger charge is 2.53. The van der Waals surface area contributed by atoms with Gasteiger partial charge in [0.25, 0.3) is 6.43 Å². The molecule has 3 heterocycles. The third kappa shape index (κ3) is 5.01. The largest absolute Gasteiger partial charge is 0.459 e. The van der Waals surface area contributed by atoms with Gasteiger partial charge in [0.15, 0.2) is 17.4 Å². The summed E-state index contributed by atoms with van der Waals surface area (Å²) in [4.78, 5) is 0. The molecule has 0 saturated carbocycles. The van der Waals surface area contributed by atoms with Crippen LogP contribution in [0, 0.1) is 22.9 Å². The summed E-state index contributed by atoms with van der Waals surface area (Å²) in [6.07, 6.45) is 2.58. The predicted octanol–water partition coefficient (Wildman–Crippen LogP) is 6.41. The van der Waals surface area contributed by atoms with Gasteiger partial charge in [-0.15, -0.1) is 0 Å². The molecular formula is C25H23F5O4. The Labute approximate surface area is 193 Å². The predicted molar refractivity (Wildman–Crippen MR) is 114 cm³/mol. The van der Waals surface area contributed by atoms with Crippen molar-refractivity contribution in [3.8, 4) is 5.75 Å². The Morgan fingerprint density at radius 2 is 1.59 bits per heavy atom. The van der Waals surface area contributed by atoms with Crippen LogP contribution in [0.2, 0.25) is 0 Å². The summed E-state index contributed by atoms with van der Waals surface area (Å²) in [6.45, 7) is 3.45. The van der Waals surface area contributed by atoms with Gasteiger partial charge in [-0.2, -0.15) is 0 Å². The fraction of sp³-hybridized carbons (Fsp3) is 0.360. The second kappa shape index (κ2) is 9.85. The summed E-state index contributed by atoms with van der Waals surface area (Å²) in [7, 11) is 0. The molecule has 2 bridgehead atoms. The maximum atomic E-state index is 14.8. The van der Waals surface area contributed by atoms with Gasteiger partial charge in [0.05, 0.1) is 26.1 Å². The smallest absolute Gasteiger partial charge is 0.312 e. The lowest BCUT2D eigenvalue weighted by Gasteiger charge is -2.51. The van der Waals surface area contributed by atoms with Crippen molar-refractivity contribution < 1.29 is 40.9 Å². The van der Waals surface area contributed by atoms with Crippen molar-refractivity contribution in [2.45, 2.75) is 32.2 Å². The van der Waals surface area contributed by atoms with Gasteiger partial charge in [-0.25, -0.2) is 22.0 Å². The van der Waals surface area contributed by atoms with Gasteiger partial charge in [0.1, 0.15) is 5.82 Å². The third-order valence-corrected chi connectivity index (χ3v) is 5.73. The molecule has 0 amide bonds. The number of hydrogen-bond acceptors (Lipinski definition) is 4. The second-order valence-corrected chi connectivity index (χ2v) is 8.34. The number of benzene rings is 2. The fourth-order valence-electron chi connectivity index (χ4n) is 3.98. The summed E-state index contributed by atoms with van der Waals surface area (Å²) in [5.41, 5.74) is 0.446. The minimum Gasteiger partial charge on any atom is -0.459 e. The zero-order valence-corrected chi connectivity index (χ0v) is 18.3. The Bertz CT molecular complexity index is 1050. The SMILES string of the molecule is CCCC12COC(c3ccc(/C=C/c4cc(F)c(O/C=C/C(F)F)c(F)c4)c(F)c3)(OC1)OC2. The van der Waals surface area contributed by atoms with E-state index in [4.69, 9.17) is 14.2 Å². The van der Waals surface area contributed by atoms with Crippen LogP contribution < -0.4 is 4.74 Å². The molecule has 34 heavy (non-hydrogen) atoms. The molecule has 5 rings (SSSR count). The van der Waals surface area contributed by atoms with E-state index in [0.29, 0.717) is 37.7 Å². The van der Waals surface area contributed by atoms with E-state index in [1.54, 1.807) is 6.07 Å². The lowest BCUT2D eigenvalue weighted by molar-refractivity contribution is -0.480. The van der Waals surface area contributed by atoms with E-state index in [2.05, 4.69) is 11.7 Å². The minimum absolute atomic E-state index is 0.0871. The van der Waals surface area contributed by atoms with Gasteiger partial charge < -0.3 is 18.9 Å². The summed E-state index contributed by atoms with van der Waals surface area (Å²) in [5.74, 6) is -5.04. The van der Waals surface area contributed by atoms with Gasteiger partial charge in [-0.3, -0.25) is 0 Å². The monoisotopic (exact) mass is 482 g/mol. The van der Waals surface area contributed by atoms with E-state index in [0.717, 1.165) is 25.0 Å². The van der Waals surface area contributed by atoms with E-state index in [1.807, 2.05) is 0 Å². The third-order valence-electron chi connectivity index (χ3n) is 5.73. The number of allylic oxidation sites excluding steroid dienone is 1. The number of fused-ring (bicyclic) bond motifs is 3. The molecule has 0 aliphatic carbocycles. The van der Waals surface area contributed by atoms with Crippen LogP contribution in [0.1, 0.15) is 36.5 Å². The maximum Gasteiger partial charge on any atom is 0.312 e. The first-order chi connectivity index (χ1) is 16.3. The number of halogens is 5. The molecule has 0 spiro atoms. The average Bonchev–Trinajstić information content (AvgIpc) is 2.81. The van der Waals surface area contributed by atoms with Crippen LogP contribution in [0.15, 0.2) is 42.7 Å². The first kappa shape index (κ1) is 24.4. The van der Waals surface area contributed by atoms with Gasteiger partial charge in [-0.05, 0) is 30.2 Å². The molecule has 3 saturated heterocycles. The standard InChI is InChI=1S/C25H23F5O4/c1-2-8-24-13-32-25(33-14-24,34-15-24)18-6-5-17(19(26)12-18)4-3-16-10-20(27)23(21(28)11-16)31-9-7-22(29)30/h3-7,9-12,22H,2,8,13-15H2,1H3/b4-3+,9-7+. The van der Waals surface area contributed by atoms with Crippen LogP contribution in [-0.4, -0.2) is 26.2 Å². The first-order valence-corrected chi connectivity index (χ1v) is 10.8. The molecule has 2 aromatic carbocycles. The van der Waals surface area contributed by atoms with Crippen molar-refractivity contribution in [3.63, 3.8) is 0 Å². The van der Waals surface area contributed by atoms with Gasteiger partial charge in [0.2, 0.25) is 0 Å². The Hall–Kier alpha value is -2.75. The number of ether oxygens (including phenoxy) is 4. The average molecular weight is 482 g/mol. The Morgan fingerprint density at radius 1 is 0.941 bits per heavy atom. The summed E-state index contributed by atoms with van der Waals surface area (Å²) < 4.78 is 89.4. The molecule has 0 unspecified atom stereocenters. The number of alkyl halides is 2. The molecule has 9 heteroatoms. The summed E-state index contributed by atoms with van der Waals surface area (Å²) in [6, 6.07) is 6.21. The molecule has 0 N–H and O–H groups in total.